The lowest BCUT2D eigenvalue weighted by Gasteiger charge is -2.27. The van der Waals surface area contributed by atoms with Crippen LogP contribution in [0, 0.1) is 0 Å². The Balaban J connectivity index is 5.19. The molecule has 3 unspecified atom stereocenters. The van der Waals surface area contributed by atoms with Gasteiger partial charge in [-0.25, -0.2) is 4.31 Å². The van der Waals surface area contributed by atoms with Gasteiger partial charge < -0.3 is 24.7 Å². The van der Waals surface area contributed by atoms with Crippen LogP contribution in [0.3, 0.4) is 0 Å². The van der Waals surface area contributed by atoms with Gasteiger partial charge in [0.15, 0.2) is 0 Å². The van der Waals surface area contributed by atoms with E-state index in [1.54, 1.807) is 0 Å². The molecule has 0 aliphatic heterocycles. The van der Waals surface area contributed by atoms with Crippen LogP contribution in [0.4, 0.5) is 0 Å². The maximum Gasteiger partial charge on any atom is 0.378 e. The fourth-order valence-electron chi connectivity index (χ4n) is 0.357. The van der Waals surface area contributed by atoms with Crippen LogP contribution in [0.1, 0.15) is 6.92 Å². The Kier molecular flexibility index (Phi) is 4.27. The van der Waals surface area contributed by atoms with E-state index in [0.717, 1.165) is 0 Å². The number of rotatable bonds is 4. The lowest BCUT2D eigenvalue weighted by atomic mass is 10.9. The second-order valence-corrected chi connectivity index (χ2v) is 7.88. The summed E-state index contributed by atoms with van der Waals surface area (Å²) in [6.07, 6.45) is 0. The van der Waals surface area contributed by atoms with Gasteiger partial charge in [0.1, 0.15) is 0 Å². The molecule has 0 saturated carbocycles. The van der Waals surface area contributed by atoms with E-state index in [1.807, 2.05) is 0 Å². The Morgan fingerprint density at radius 3 is 1.86 bits per heavy atom. The Morgan fingerprint density at radius 1 is 1.29 bits per heavy atom. The minimum Gasteiger partial charge on any atom is -0.368 e. The highest BCUT2D eigenvalue weighted by atomic mass is 31.3. The van der Waals surface area contributed by atoms with Crippen molar-refractivity contribution in [3.8, 4) is 0 Å². The maximum absolute atomic E-state index is 10.9. The fourth-order valence-corrected chi connectivity index (χ4v) is 3.58. The van der Waals surface area contributed by atoms with Crippen LogP contribution in [0.15, 0.2) is 0 Å². The van der Waals surface area contributed by atoms with Crippen LogP contribution in [-0.4, -0.2) is 29.8 Å². The molecule has 0 aromatic rings. The van der Waals surface area contributed by atoms with E-state index in [4.69, 9.17) is 24.7 Å². The summed E-state index contributed by atoms with van der Waals surface area (Å²) in [6.45, 7) is 0.333. The molecule has 5 N–H and O–H groups in total. The predicted octanol–water partition coefficient (Wildman–Crippen LogP) is -0.586. The molecule has 0 fully saturated rings. The van der Waals surface area contributed by atoms with Crippen molar-refractivity contribution in [3.05, 3.63) is 0 Å². The highest BCUT2D eigenvalue weighted by Crippen LogP contribution is 2.71. The van der Waals surface area contributed by atoms with E-state index in [2.05, 4.69) is 4.31 Å². The molecule has 14 heavy (non-hydrogen) atoms. The first kappa shape index (κ1) is 14.5. The molecule has 0 aromatic heterocycles. The Bertz CT molecular complexity index is 325. The maximum atomic E-state index is 10.9. The van der Waals surface area contributed by atoms with E-state index < -0.39 is 28.5 Å². The summed E-state index contributed by atoms with van der Waals surface area (Å²) in [5.74, 6) is 0. The SMILES string of the molecule is CC(O)(P(=O)(O)O)P(=O)(O)O[PH](=O)O. The van der Waals surface area contributed by atoms with Crippen LogP contribution in [-0.2, 0) is 18.0 Å². The molecule has 3 atom stereocenters. The minimum absolute atomic E-state index is 0.333. The van der Waals surface area contributed by atoms with Crippen molar-refractivity contribution >= 4 is 23.4 Å². The van der Waals surface area contributed by atoms with Gasteiger partial charge in [0, 0.05) is 0 Å². The first-order valence-electron chi connectivity index (χ1n) is 2.95. The average Bonchev–Trinajstić information content (AvgIpc) is 1.80. The minimum atomic E-state index is -5.36. The molecule has 0 aliphatic rings. The lowest BCUT2D eigenvalue weighted by Crippen LogP contribution is -2.24. The number of hydrogen-bond donors (Lipinski definition) is 5. The Morgan fingerprint density at radius 2 is 1.64 bits per heavy atom. The molecule has 0 heterocycles. The van der Waals surface area contributed by atoms with Crippen molar-refractivity contribution in [2.24, 2.45) is 0 Å². The molecular formula is C2H9O9P3. The smallest absolute Gasteiger partial charge is 0.368 e. The fraction of sp³-hybridized carbons (Fsp3) is 1.00. The number of aliphatic hydroxyl groups is 1. The van der Waals surface area contributed by atoms with Gasteiger partial charge in [-0.05, 0) is 6.92 Å². The summed E-state index contributed by atoms with van der Waals surface area (Å²) in [5.41, 5.74) is 0. The van der Waals surface area contributed by atoms with Crippen LogP contribution < -0.4 is 0 Å². The van der Waals surface area contributed by atoms with Crippen molar-refractivity contribution in [1.82, 2.24) is 0 Å². The van der Waals surface area contributed by atoms with E-state index in [1.165, 1.54) is 0 Å². The molecule has 0 aromatic carbocycles. The van der Waals surface area contributed by atoms with E-state index in [9.17, 15) is 13.7 Å². The van der Waals surface area contributed by atoms with Crippen molar-refractivity contribution < 1.29 is 42.7 Å². The zero-order valence-corrected chi connectivity index (χ0v) is 9.55. The lowest BCUT2D eigenvalue weighted by molar-refractivity contribution is 0.148. The molecule has 86 valence electrons. The van der Waals surface area contributed by atoms with Gasteiger partial charge in [-0.3, -0.25) is 13.7 Å². The Hall–Kier alpha value is 0.450. The van der Waals surface area contributed by atoms with E-state index in [0.29, 0.717) is 6.92 Å². The summed E-state index contributed by atoms with van der Waals surface area (Å²) in [6, 6.07) is 0. The summed E-state index contributed by atoms with van der Waals surface area (Å²) in [5, 5.41) is 5.58. The molecule has 12 heteroatoms. The topological polar surface area (TPSA) is 162 Å². The molecule has 0 rings (SSSR count). The van der Waals surface area contributed by atoms with Gasteiger partial charge in [-0.2, -0.15) is 0 Å². The highest BCUT2D eigenvalue weighted by Gasteiger charge is 2.57. The zero-order valence-electron chi connectivity index (χ0n) is 6.76. The molecular weight excluding hydrogens is 261 g/mol. The summed E-state index contributed by atoms with van der Waals surface area (Å²) in [7, 11) is -14.6. The van der Waals surface area contributed by atoms with Gasteiger partial charge in [0.05, 0.1) is 0 Å². The predicted molar refractivity (Wildman–Crippen MR) is 44.8 cm³/mol. The van der Waals surface area contributed by atoms with Crippen molar-refractivity contribution in [2.75, 3.05) is 0 Å². The normalized spacial score (nSPS) is 23.6. The molecule has 0 bridgehead atoms. The van der Waals surface area contributed by atoms with Crippen molar-refractivity contribution in [2.45, 2.75) is 12.0 Å². The first-order valence-corrected chi connectivity index (χ1v) is 7.40. The van der Waals surface area contributed by atoms with Crippen LogP contribution in [0.25, 0.3) is 0 Å². The van der Waals surface area contributed by atoms with Gasteiger partial charge in [0.25, 0.3) is 5.08 Å². The molecule has 0 amide bonds. The summed E-state index contributed by atoms with van der Waals surface area (Å²) < 4.78 is 35.0. The van der Waals surface area contributed by atoms with E-state index in [-0.39, 0.29) is 0 Å². The third kappa shape index (κ3) is 2.97. The van der Waals surface area contributed by atoms with Crippen LogP contribution in [0.5, 0.6) is 0 Å². The zero-order chi connectivity index (χ0) is 11.8. The molecule has 0 radical (unpaired) electrons. The second-order valence-electron chi connectivity index (χ2n) is 2.39. The summed E-state index contributed by atoms with van der Waals surface area (Å²) >= 11 is 0. The number of hydrogen-bond acceptors (Lipinski definition) is 5. The summed E-state index contributed by atoms with van der Waals surface area (Å²) in [4.78, 5) is 33.9. The molecule has 0 aliphatic carbocycles. The molecule has 0 saturated heterocycles. The third-order valence-corrected chi connectivity index (χ3v) is 6.62. The monoisotopic (exact) mass is 270 g/mol. The quantitative estimate of drug-likeness (QED) is 0.420. The largest absolute Gasteiger partial charge is 0.378 e. The molecule has 0 spiro atoms. The van der Waals surface area contributed by atoms with Crippen LogP contribution >= 0.6 is 23.4 Å². The van der Waals surface area contributed by atoms with Gasteiger partial charge >= 0.3 is 23.4 Å². The van der Waals surface area contributed by atoms with Crippen molar-refractivity contribution in [1.29, 1.82) is 0 Å². The first-order chi connectivity index (χ1) is 5.92. The van der Waals surface area contributed by atoms with Crippen molar-refractivity contribution in [3.63, 3.8) is 0 Å². The van der Waals surface area contributed by atoms with Gasteiger partial charge in [-0.15, -0.1) is 0 Å². The van der Waals surface area contributed by atoms with Crippen LogP contribution in [0.2, 0.25) is 0 Å². The van der Waals surface area contributed by atoms with Gasteiger partial charge in [-0.1, -0.05) is 0 Å². The van der Waals surface area contributed by atoms with Gasteiger partial charge in [0.2, 0.25) is 0 Å². The Labute approximate surface area is 79.0 Å². The standard InChI is InChI=1S/C2H9O9P3/c1-2(3,13(6,7)8)14(9,10)11-12(4)5/h3,12H,1H3,(H,4,5)(H,9,10)(H2,6,7,8). The third-order valence-electron chi connectivity index (χ3n) is 1.29. The van der Waals surface area contributed by atoms with E-state index >= 15 is 0 Å². The second kappa shape index (κ2) is 4.14. The highest BCUT2D eigenvalue weighted by molar-refractivity contribution is 7.74. The molecule has 9 nitrogen and oxygen atoms in total. The average molecular weight is 270 g/mol.